The number of esters is 1. The third-order valence-corrected chi connectivity index (χ3v) is 3.29. The van der Waals surface area contributed by atoms with Gasteiger partial charge in [-0.3, -0.25) is 9.79 Å². The van der Waals surface area contributed by atoms with E-state index in [1.807, 2.05) is 38.1 Å². The predicted molar refractivity (Wildman–Crippen MR) is 91.8 cm³/mol. The molecule has 0 heterocycles. The fourth-order valence-electron chi connectivity index (χ4n) is 1.96. The van der Waals surface area contributed by atoms with Gasteiger partial charge in [-0.05, 0) is 31.5 Å². The number of aliphatic imine (C=N–C) groups is 1. The summed E-state index contributed by atoms with van der Waals surface area (Å²) < 4.78 is 10.5. The van der Waals surface area contributed by atoms with E-state index in [0.29, 0.717) is 19.0 Å². The number of rotatable bonds is 7. The lowest BCUT2D eigenvalue weighted by Crippen LogP contribution is -2.44. The van der Waals surface area contributed by atoms with Crippen molar-refractivity contribution in [2.24, 2.45) is 10.9 Å². The lowest BCUT2D eigenvalue weighted by atomic mass is 10.2. The number of hydrogen-bond acceptors (Lipinski definition) is 4. The first-order valence-corrected chi connectivity index (χ1v) is 7.72. The van der Waals surface area contributed by atoms with Gasteiger partial charge in [-0.2, -0.15) is 0 Å². The van der Waals surface area contributed by atoms with E-state index in [1.54, 1.807) is 14.0 Å². The standard InChI is InChI=1S/C17H27N3O3/c1-12-7-6-8-15(9-12)23-14(3)11-20-17(18-4)19-10-13(2)16(21)22-5/h6-9,13-14H,10-11H2,1-5H3,(H2,18,19,20). The summed E-state index contributed by atoms with van der Waals surface area (Å²) in [6.45, 7) is 6.87. The number of methoxy groups -OCH3 is 1. The van der Waals surface area contributed by atoms with E-state index in [2.05, 4.69) is 15.6 Å². The summed E-state index contributed by atoms with van der Waals surface area (Å²) in [4.78, 5) is 15.5. The fourth-order valence-corrected chi connectivity index (χ4v) is 1.96. The second-order valence-electron chi connectivity index (χ2n) is 5.50. The Bertz CT molecular complexity index is 532. The van der Waals surface area contributed by atoms with Crippen molar-refractivity contribution < 1.29 is 14.3 Å². The van der Waals surface area contributed by atoms with Crippen molar-refractivity contribution in [2.45, 2.75) is 26.9 Å². The summed E-state index contributed by atoms with van der Waals surface area (Å²) >= 11 is 0. The normalized spacial score (nSPS) is 13.9. The number of carbonyl (C=O) groups is 1. The summed E-state index contributed by atoms with van der Waals surface area (Å²) in [7, 11) is 3.07. The molecule has 1 rings (SSSR count). The first-order chi connectivity index (χ1) is 11.0. The number of benzene rings is 1. The number of nitrogens with zero attached hydrogens (tertiary/aromatic N) is 1. The van der Waals surface area contributed by atoms with Crippen LogP contribution >= 0.6 is 0 Å². The molecule has 0 radical (unpaired) electrons. The Morgan fingerprint density at radius 2 is 1.96 bits per heavy atom. The van der Waals surface area contributed by atoms with Gasteiger partial charge in [0.1, 0.15) is 11.9 Å². The lowest BCUT2D eigenvalue weighted by molar-refractivity contribution is -0.144. The van der Waals surface area contributed by atoms with E-state index in [1.165, 1.54) is 7.11 Å². The molecule has 1 aromatic carbocycles. The number of ether oxygens (including phenoxy) is 2. The van der Waals surface area contributed by atoms with Crippen LogP contribution in [0.4, 0.5) is 0 Å². The zero-order valence-electron chi connectivity index (χ0n) is 14.6. The minimum atomic E-state index is -0.246. The third kappa shape index (κ3) is 7.04. The molecule has 6 nitrogen and oxygen atoms in total. The first kappa shape index (κ1) is 18.8. The van der Waals surface area contributed by atoms with E-state index >= 15 is 0 Å². The molecule has 0 amide bonds. The average Bonchev–Trinajstić information content (AvgIpc) is 2.53. The third-order valence-electron chi connectivity index (χ3n) is 3.29. The molecule has 2 unspecified atom stereocenters. The monoisotopic (exact) mass is 321 g/mol. The lowest BCUT2D eigenvalue weighted by Gasteiger charge is -2.19. The van der Waals surface area contributed by atoms with Crippen LogP contribution in [-0.2, 0) is 9.53 Å². The second-order valence-corrected chi connectivity index (χ2v) is 5.50. The maximum Gasteiger partial charge on any atom is 0.310 e. The van der Waals surface area contributed by atoms with E-state index in [9.17, 15) is 4.79 Å². The predicted octanol–water partition coefficient (Wildman–Crippen LogP) is 1.74. The van der Waals surface area contributed by atoms with Crippen LogP contribution in [0.3, 0.4) is 0 Å². The highest BCUT2D eigenvalue weighted by Crippen LogP contribution is 2.13. The molecule has 0 saturated heterocycles. The van der Waals surface area contributed by atoms with E-state index in [0.717, 1.165) is 11.3 Å². The summed E-state index contributed by atoms with van der Waals surface area (Å²) in [5.74, 6) is 0.991. The Morgan fingerprint density at radius 1 is 1.26 bits per heavy atom. The molecule has 0 aliphatic carbocycles. The minimum Gasteiger partial charge on any atom is -0.489 e. The molecule has 6 heteroatoms. The maximum atomic E-state index is 11.4. The van der Waals surface area contributed by atoms with Crippen molar-refractivity contribution in [1.82, 2.24) is 10.6 Å². The molecule has 0 saturated carbocycles. The highest BCUT2D eigenvalue weighted by molar-refractivity contribution is 5.80. The zero-order chi connectivity index (χ0) is 17.2. The Morgan fingerprint density at radius 3 is 2.57 bits per heavy atom. The summed E-state index contributed by atoms with van der Waals surface area (Å²) in [6.07, 6.45) is -0.0200. The minimum absolute atomic E-state index is 0.0200. The average molecular weight is 321 g/mol. The molecule has 0 bridgehead atoms. The van der Waals surface area contributed by atoms with Crippen LogP contribution < -0.4 is 15.4 Å². The highest BCUT2D eigenvalue weighted by atomic mass is 16.5. The van der Waals surface area contributed by atoms with Gasteiger partial charge in [0.05, 0.1) is 19.6 Å². The number of guanidine groups is 1. The Balaban J connectivity index is 2.37. The van der Waals surface area contributed by atoms with Crippen LogP contribution in [0.1, 0.15) is 19.4 Å². The molecule has 128 valence electrons. The maximum absolute atomic E-state index is 11.4. The van der Waals surface area contributed by atoms with Crippen molar-refractivity contribution in [2.75, 3.05) is 27.2 Å². The van der Waals surface area contributed by atoms with Gasteiger partial charge in [0.25, 0.3) is 0 Å². The molecular formula is C17H27N3O3. The quantitative estimate of drug-likeness (QED) is 0.455. The number of hydrogen-bond donors (Lipinski definition) is 2. The summed E-state index contributed by atoms with van der Waals surface area (Å²) in [6, 6.07) is 7.94. The van der Waals surface area contributed by atoms with Gasteiger partial charge in [0, 0.05) is 13.6 Å². The Labute approximate surface area is 138 Å². The number of aryl methyl sites for hydroxylation is 1. The molecule has 1 aromatic rings. The summed E-state index contributed by atoms with van der Waals surface area (Å²) in [5.41, 5.74) is 1.16. The van der Waals surface area contributed by atoms with Gasteiger partial charge in [-0.1, -0.05) is 19.1 Å². The molecule has 0 fully saturated rings. The van der Waals surface area contributed by atoms with Crippen LogP contribution in [-0.4, -0.2) is 45.3 Å². The first-order valence-electron chi connectivity index (χ1n) is 7.72. The van der Waals surface area contributed by atoms with Gasteiger partial charge in [-0.25, -0.2) is 0 Å². The smallest absolute Gasteiger partial charge is 0.310 e. The molecule has 2 atom stereocenters. The Hall–Kier alpha value is -2.24. The number of carbonyl (C=O) groups excluding carboxylic acids is 1. The number of nitrogens with one attached hydrogen (secondary N) is 2. The van der Waals surface area contributed by atoms with Gasteiger partial charge < -0.3 is 20.1 Å². The van der Waals surface area contributed by atoms with Crippen LogP contribution in [0.25, 0.3) is 0 Å². The van der Waals surface area contributed by atoms with Gasteiger partial charge in [0.2, 0.25) is 0 Å². The van der Waals surface area contributed by atoms with Crippen molar-refractivity contribution in [3.8, 4) is 5.75 Å². The van der Waals surface area contributed by atoms with Crippen LogP contribution in [0.15, 0.2) is 29.3 Å². The van der Waals surface area contributed by atoms with Crippen LogP contribution in [0, 0.1) is 12.8 Å². The van der Waals surface area contributed by atoms with Crippen molar-refractivity contribution >= 4 is 11.9 Å². The molecule has 0 aliphatic rings. The van der Waals surface area contributed by atoms with Crippen molar-refractivity contribution in [3.63, 3.8) is 0 Å². The van der Waals surface area contributed by atoms with E-state index in [4.69, 9.17) is 9.47 Å². The largest absolute Gasteiger partial charge is 0.489 e. The molecule has 23 heavy (non-hydrogen) atoms. The van der Waals surface area contributed by atoms with Gasteiger partial charge in [-0.15, -0.1) is 0 Å². The van der Waals surface area contributed by atoms with Crippen molar-refractivity contribution in [3.05, 3.63) is 29.8 Å². The molecular weight excluding hydrogens is 294 g/mol. The topological polar surface area (TPSA) is 72.0 Å². The fraction of sp³-hybridized carbons (Fsp3) is 0.529. The second kappa shape index (κ2) is 9.71. The van der Waals surface area contributed by atoms with Crippen LogP contribution in [0.2, 0.25) is 0 Å². The molecule has 2 N–H and O–H groups in total. The SMILES string of the molecule is CN=C(NCC(C)Oc1cccc(C)c1)NCC(C)C(=O)OC. The van der Waals surface area contributed by atoms with E-state index < -0.39 is 0 Å². The van der Waals surface area contributed by atoms with Crippen LogP contribution in [0.5, 0.6) is 5.75 Å². The van der Waals surface area contributed by atoms with Gasteiger partial charge >= 0.3 is 5.97 Å². The van der Waals surface area contributed by atoms with Crippen molar-refractivity contribution in [1.29, 1.82) is 0 Å². The molecule has 0 aliphatic heterocycles. The molecule has 0 aromatic heterocycles. The Kier molecular flexibility index (Phi) is 7.94. The van der Waals surface area contributed by atoms with Gasteiger partial charge in [0.15, 0.2) is 5.96 Å². The van der Waals surface area contributed by atoms with E-state index in [-0.39, 0.29) is 18.0 Å². The highest BCUT2D eigenvalue weighted by Gasteiger charge is 2.13. The molecule has 0 spiro atoms. The summed E-state index contributed by atoms with van der Waals surface area (Å²) in [5, 5.41) is 6.27. The zero-order valence-corrected chi connectivity index (χ0v) is 14.6.